The third-order valence-electron chi connectivity index (χ3n) is 5.85. The molecule has 0 spiro atoms. The van der Waals surface area contributed by atoms with Crippen LogP contribution >= 0.6 is 11.6 Å². The van der Waals surface area contributed by atoms with Crippen molar-refractivity contribution in [3.8, 4) is 5.75 Å². The van der Waals surface area contributed by atoms with Crippen LogP contribution in [-0.4, -0.2) is 36.1 Å². The monoisotopic (exact) mass is 460 g/mol. The Bertz CT molecular complexity index is 1010. The molecule has 1 aromatic carbocycles. The van der Waals surface area contributed by atoms with Gasteiger partial charge in [0.05, 0.1) is 12.8 Å². The predicted octanol–water partition coefficient (Wildman–Crippen LogP) is 6.48. The average molecular weight is 461 g/mol. The molecule has 0 saturated heterocycles. The minimum absolute atomic E-state index is 0.195. The van der Waals surface area contributed by atoms with Gasteiger partial charge in [-0.2, -0.15) is 9.61 Å². The molecule has 168 valence electrons. The van der Waals surface area contributed by atoms with Crippen molar-refractivity contribution in [1.82, 2.24) is 14.6 Å². The van der Waals surface area contributed by atoms with Gasteiger partial charge in [0.2, 0.25) is 0 Å². The van der Waals surface area contributed by atoms with Crippen LogP contribution in [-0.2, 0) is 10.8 Å². The highest BCUT2D eigenvalue weighted by Crippen LogP contribution is 2.37. The summed E-state index contributed by atoms with van der Waals surface area (Å²) in [6.45, 7) is 14.6. The Morgan fingerprint density at radius 3 is 2.48 bits per heavy atom. The van der Waals surface area contributed by atoms with Crippen LogP contribution in [0.4, 0.5) is 11.5 Å². The van der Waals surface area contributed by atoms with E-state index in [1.54, 1.807) is 10.7 Å². The van der Waals surface area contributed by atoms with E-state index in [1.165, 1.54) is 0 Å². The zero-order chi connectivity index (χ0) is 22.6. The summed E-state index contributed by atoms with van der Waals surface area (Å²) in [5.41, 5.74) is 2.58. The van der Waals surface area contributed by atoms with Crippen LogP contribution < -0.4 is 10.1 Å². The van der Waals surface area contributed by atoms with Crippen molar-refractivity contribution in [2.24, 2.45) is 0 Å². The molecule has 3 aromatic rings. The minimum atomic E-state index is -1.77. The number of rotatable bonds is 9. The number of hydrogen-bond donors (Lipinski definition) is 1. The van der Waals surface area contributed by atoms with E-state index in [4.69, 9.17) is 20.8 Å². The third-order valence-corrected chi connectivity index (χ3v) is 10.7. The van der Waals surface area contributed by atoms with Crippen molar-refractivity contribution in [3.05, 3.63) is 47.2 Å². The van der Waals surface area contributed by atoms with E-state index in [1.807, 2.05) is 37.3 Å². The van der Waals surface area contributed by atoms with Crippen molar-refractivity contribution in [2.45, 2.75) is 58.7 Å². The lowest BCUT2D eigenvalue weighted by Gasteiger charge is -2.36. The van der Waals surface area contributed by atoms with Crippen molar-refractivity contribution < 1.29 is 9.16 Å². The second-order valence-corrected chi connectivity index (χ2v) is 14.3. The van der Waals surface area contributed by atoms with Gasteiger partial charge in [0.1, 0.15) is 16.7 Å². The quantitative estimate of drug-likeness (QED) is 0.225. The Kier molecular flexibility index (Phi) is 7.29. The molecule has 0 amide bonds. The number of hydrogen-bond acceptors (Lipinski definition) is 5. The topological polar surface area (TPSA) is 60.7 Å². The van der Waals surface area contributed by atoms with Gasteiger partial charge in [-0.05, 0) is 62.2 Å². The maximum atomic E-state index is 6.60. The molecule has 0 bridgehead atoms. The summed E-state index contributed by atoms with van der Waals surface area (Å²) in [7, 11) is -1.77. The number of benzene rings is 1. The van der Waals surface area contributed by atoms with Gasteiger partial charge in [0.25, 0.3) is 0 Å². The molecule has 0 atom stereocenters. The van der Waals surface area contributed by atoms with Gasteiger partial charge < -0.3 is 14.5 Å². The van der Waals surface area contributed by atoms with Gasteiger partial charge in [-0.1, -0.05) is 32.4 Å². The lowest BCUT2D eigenvalue weighted by molar-refractivity contribution is 0.282. The molecular weight excluding hydrogens is 428 g/mol. The maximum Gasteiger partial charge on any atom is 0.191 e. The SMILES string of the molecule is CCOc1ccc(Nc2c(CCCO[Si](C)(C)C(C)(C)C)c(Cl)nc3ccnn23)cc1. The Balaban J connectivity index is 1.80. The van der Waals surface area contributed by atoms with Crippen LogP contribution in [0.2, 0.25) is 23.3 Å². The van der Waals surface area contributed by atoms with E-state index >= 15 is 0 Å². The highest BCUT2D eigenvalue weighted by Gasteiger charge is 2.36. The van der Waals surface area contributed by atoms with Gasteiger partial charge in [-0.15, -0.1) is 0 Å². The first-order valence-electron chi connectivity index (χ1n) is 10.8. The van der Waals surface area contributed by atoms with E-state index in [0.29, 0.717) is 24.0 Å². The normalized spacial score (nSPS) is 12.4. The third kappa shape index (κ3) is 5.59. The van der Waals surface area contributed by atoms with Crippen LogP contribution in [0.1, 0.15) is 39.7 Å². The molecule has 3 rings (SSSR count). The molecule has 0 radical (unpaired) electrons. The summed E-state index contributed by atoms with van der Waals surface area (Å²) in [6, 6.07) is 9.71. The molecule has 0 unspecified atom stereocenters. The van der Waals surface area contributed by atoms with Crippen molar-refractivity contribution >= 4 is 37.1 Å². The summed E-state index contributed by atoms with van der Waals surface area (Å²) in [5, 5.41) is 8.62. The van der Waals surface area contributed by atoms with Crippen LogP contribution in [0, 0.1) is 0 Å². The number of nitrogens with zero attached hydrogens (tertiary/aromatic N) is 3. The standard InChI is InChI=1S/C23H33ClN4O2Si/c1-7-29-18-12-10-17(11-13-18)26-22-19(21(24)27-20-14-15-25-28(20)22)9-8-16-30-31(5,6)23(2,3)4/h10-15,26H,7-9,16H2,1-6H3. The summed E-state index contributed by atoms with van der Waals surface area (Å²) in [4.78, 5) is 4.52. The number of anilines is 2. The van der Waals surface area contributed by atoms with Crippen LogP contribution in [0.15, 0.2) is 36.5 Å². The molecule has 0 saturated carbocycles. The van der Waals surface area contributed by atoms with Crippen LogP contribution in [0.25, 0.3) is 5.65 Å². The van der Waals surface area contributed by atoms with E-state index < -0.39 is 8.32 Å². The first-order valence-corrected chi connectivity index (χ1v) is 14.1. The molecule has 1 N–H and O–H groups in total. The highest BCUT2D eigenvalue weighted by atomic mass is 35.5. The molecule has 31 heavy (non-hydrogen) atoms. The number of halogens is 1. The Labute approximate surface area is 191 Å². The maximum absolute atomic E-state index is 6.60. The Hall–Kier alpha value is -2.09. The number of aromatic nitrogens is 3. The van der Waals surface area contributed by atoms with E-state index in [-0.39, 0.29) is 5.04 Å². The number of ether oxygens (including phenoxy) is 1. The fourth-order valence-corrected chi connectivity index (χ4v) is 4.39. The molecule has 0 aliphatic rings. The van der Waals surface area contributed by atoms with E-state index in [9.17, 15) is 0 Å². The zero-order valence-electron chi connectivity index (χ0n) is 19.3. The van der Waals surface area contributed by atoms with Gasteiger partial charge in [0, 0.05) is 23.9 Å². The first kappa shape index (κ1) is 23.6. The minimum Gasteiger partial charge on any atom is -0.494 e. The lowest BCUT2D eigenvalue weighted by Crippen LogP contribution is -2.41. The van der Waals surface area contributed by atoms with Crippen LogP contribution in [0.5, 0.6) is 5.75 Å². The first-order chi connectivity index (χ1) is 14.6. The van der Waals surface area contributed by atoms with Crippen molar-refractivity contribution in [3.63, 3.8) is 0 Å². The molecule has 2 aromatic heterocycles. The van der Waals surface area contributed by atoms with E-state index in [2.05, 4.69) is 49.3 Å². The number of nitrogens with one attached hydrogen (secondary N) is 1. The largest absolute Gasteiger partial charge is 0.494 e. The summed E-state index contributed by atoms with van der Waals surface area (Å²) in [5.74, 6) is 1.67. The molecule has 2 heterocycles. The summed E-state index contributed by atoms with van der Waals surface area (Å²) >= 11 is 6.60. The molecule has 8 heteroatoms. The average Bonchev–Trinajstić information content (AvgIpc) is 3.15. The fraction of sp³-hybridized carbons (Fsp3) is 0.478. The predicted molar refractivity (Wildman–Crippen MR) is 130 cm³/mol. The van der Waals surface area contributed by atoms with Crippen molar-refractivity contribution in [2.75, 3.05) is 18.5 Å². The van der Waals surface area contributed by atoms with Gasteiger partial charge in [-0.3, -0.25) is 0 Å². The van der Waals surface area contributed by atoms with Crippen molar-refractivity contribution in [1.29, 1.82) is 0 Å². The smallest absolute Gasteiger partial charge is 0.191 e. The highest BCUT2D eigenvalue weighted by molar-refractivity contribution is 6.74. The fourth-order valence-electron chi connectivity index (χ4n) is 3.03. The molecule has 0 aliphatic heterocycles. The molecule has 0 aliphatic carbocycles. The summed E-state index contributed by atoms with van der Waals surface area (Å²) < 4.78 is 13.7. The Morgan fingerprint density at radius 2 is 1.84 bits per heavy atom. The van der Waals surface area contributed by atoms with Gasteiger partial charge in [0.15, 0.2) is 14.0 Å². The van der Waals surface area contributed by atoms with Crippen LogP contribution in [0.3, 0.4) is 0 Å². The van der Waals surface area contributed by atoms with Gasteiger partial charge in [-0.25, -0.2) is 4.98 Å². The lowest BCUT2D eigenvalue weighted by atomic mass is 10.1. The van der Waals surface area contributed by atoms with E-state index in [0.717, 1.165) is 35.7 Å². The van der Waals surface area contributed by atoms with Gasteiger partial charge >= 0.3 is 0 Å². The number of fused-ring (bicyclic) bond motifs is 1. The second-order valence-electron chi connectivity index (χ2n) is 9.13. The molecule has 0 fully saturated rings. The molecule has 6 nitrogen and oxygen atoms in total. The zero-order valence-corrected chi connectivity index (χ0v) is 21.1. The molecular formula is C23H33ClN4O2Si. The second kappa shape index (κ2) is 9.59. The Morgan fingerprint density at radius 1 is 1.13 bits per heavy atom. The summed E-state index contributed by atoms with van der Waals surface area (Å²) in [6.07, 6.45) is 3.33.